The SMILES string of the molecule is [2H]c1c([2H])c([2H])c2c(c1[2H])B1c3c(cc(C(C)(C)C)cc3N(C3C(C4CCCCC4)CC(C(C)(C)C)CC3C3CCCCC3)c3c([2H])c([2H])c([2H])c([2H])c31)N2C1C(C2CCCCC2)CC(C(C)(C)C)CC1C1CCCCC1. The Morgan fingerprint density at radius 2 is 0.725 bits per heavy atom. The lowest BCUT2D eigenvalue weighted by Crippen LogP contribution is -2.67. The summed E-state index contributed by atoms with van der Waals surface area (Å²) >= 11 is 0. The molecule has 0 saturated heterocycles. The third kappa shape index (κ3) is 9.14. The van der Waals surface area contributed by atoms with Crippen molar-refractivity contribution in [3.8, 4) is 0 Å². The van der Waals surface area contributed by atoms with Gasteiger partial charge in [-0.15, -0.1) is 0 Å². The molecular weight excluding hydrogens is 832 g/mol. The molecule has 0 aromatic heterocycles. The zero-order chi connectivity index (χ0) is 54.8. The third-order valence-corrected chi connectivity index (χ3v) is 21.3. The van der Waals surface area contributed by atoms with E-state index in [2.05, 4.69) is 84.2 Å². The van der Waals surface area contributed by atoms with Crippen molar-refractivity contribution in [2.75, 3.05) is 9.80 Å². The van der Waals surface area contributed by atoms with E-state index in [1.807, 2.05) is 0 Å². The van der Waals surface area contributed by atoms with E-state index in [-0.39, 0.29) is 76.7 Å². The van der Waals surface area contributed by atoms with Gasteiger partial charge in [0, 0.05) is 34.8 Å². The summed E-state index contributed by atoms with van der Waals surface area (Å²) in [6.45, 7) is 21.0. The molecule has 11 rings (SSSR count). The molecule has 8 aliphatic rings. The van der Waals surface area contributed by atoms with Crippen LogP contribution in [0.15, 0.2) is 60.5 Å². The first-order valence-electron chi connectivity index (χ1n) is 33.5. The standard InChI is InChI=1S/C66H97BN2/c1-64(2,3)48-38-51(44-26-14-10-15-27-44)62(52(39-48)45-28-16-11-17-29-45)68-57-36-24-22-34-55(57)67-56-35-23-25-37-58(56)69(60-43-50(66(7,8)9)42-59(68)61(60)67)63-53(46-30-18-12-19-31-46)40-49(65(4,5)6)41-54(63)47-32-20-13-21-33-47/h22-25,34-37,42-49,51-54,62-63H,10-21,26-33,38-41H2,1-9H3/i22D,23D,24D,25D,34D,35D,36D,37D. The average molecular weight is 937 g/mol. The molecule has 3 heteroatoms. The van der Waals surface area contributed by atoms with Gasteiger partial charge in [0.25, 0.3) is 6.71 Å². The minimum Gasteiger partial charge on any atom is -0.339 e. The molecule has 2 nitrogen and oxygen atoms in total. The van der Waals surface area contributed by atoms with Crippen LogP contribution in [0.4, 0.5) is 22.7 Å². The van der Waals surface area contributed by atoms with Crippen LogP contribution >= 0.6 is 0 Å². The monoisotopic (exact) mass is 937 g/mol. The molecule has 0 spiro atoms. The summed E-state index contributed by atoms with van der Waals surface area (Å²) in [5.41, 5.74) is 6.42. The first kappa shape index (κ1) is 39.8. The van der Waals surface area contributed by atoms with Crippen molar-refractivity contribution in [1.29, 1.82) is 0 Å². The highest BCUT2D eigenvalue weighted by Gasteiger charge is 2.56. The lowest BCUT2D eigenvalue weighted by atomic mass is 9.33. The molecule has 6 saturated carbocycles. The van der Waals surface area contributed by atoms with Crippen LogP contribution in [0.5, 0.6) is 0 Å². The quantitative estimate of drug-likeness (QED) is 0.227. The van der Waals surface area contributed by atoms with Crippen LogP contribution in [0.2, 0.25) is 0 Å². The maximum Gasteiger partial charge on any atom is 0.252 e. The number of hydrogen-bond donors (Lipinski definition) is 0. The van der Waals surface area contributed by atoms with E-state index in [9.17, 15) is 11.0 Å². The predicted octanol–water partition coefficient (Wildman–Crippen LogP) is 16.8. The lowest BCUT2D eigenvalue weighted by molar-refractivity contribution is 0.0144. The van der Waals surface area contributed by atoms with Gasteiger partial charge in [0.1, 0.15) is 0 Å². The normalized spacial score (nSPS) is 32.9. The Morgan fingerprint density at radius 3 is 1.01 bits per heavy atom. The van der Waals surface area contributed by atoms with E-state index in [1.54, 1.807) is 0 Å². The minimum absolute atomic E-state index is 0.00265. The molecule has 0 amide bonds. The highest BCUT2D eigenvalue weighted by molar-refractivity contribution is 7.00. The Labute approximate surface area is 435 Å². The van der Waals surface area contributed by atoms with Gasteiger partial charge in [-0.3, -0.25) is 0 Å². The van der Waals surface area contributed by atoms with Gasteiger partial charge < -0.3 is 9.80 Å². The average Bonchev–Trinajstić information content (AvgIpc) is 3.61. The van der Waals surface area contributed by atoms with Gasteiger partial charge in [-0.05, 0) is 147 Å². The van der Waals surface area contributed by atoms with E-state index >= 15 is 0 Å². The number of fused-ring (bicyclic) bond motifs is 4. The van der Waals surface area contributed by atoms with E-state index in [4.69, 9.17) is 0 Å². The summed E-state index contributed by atoms with van der Waals surface area (Å²) in [5.74, 6) is 4.39. The molecular formula is C66H97BN2. The molecule has 2 aliphatic heterocycles. The van der Waals surface area contributed by atoms with E-state index in [1.165, 1.54) is 134 Å². The molecule has 0 bridgehead atoms. The fourth-order valence-corrected chi connectivity index (χ4v) is 17.5. The predicted molar refractivity (Wildman–Crippen MR) is 299 cm³/mol. The number of anilines is 4. The fraction of sp³-hybridized carbons (Fsp3) is 0.727. The molecule has 0 N–H and O–H groups in total. The molecule has 6 fully saturated rings. The number of nitrogens with zero attached hydrogens (tertiary/aromatic N) is 2. The number of benzene rings is 3. The summed E-state index contributed by atoms with van der Waals surface area (Å²) in [5, 5.41) is 0. The largest absolute Gasteiger partial charge is 0.339 e. The lowest BCUT2D eigenvalue weighted by Gasteiger charge is -2.59. The van der Waals surface area contributed by atoms with Crippen molar-refractivity contribution < 1.29 is 11.0 Å². The van der Waals surface area contributed by atoms with E-state index in [0.29, 0.717) is 81.5 Å². The Kier molecular flexibility index (Phi) is 11.1. The molecule has 3 aromatic rings. The van der Waals surface area contributed by atoms with Crippen LogP contribution in [0, 0.1) is 70.0 Å². The van der Waals surface area contributed by atoms with Crippen LogP contribution in [0.25, 0.3) is 0 Å². The Morgan fingerprint density at radius 1 is 0.420 bits per heavy atom. The van der Waals surface area contributed by atoms with E-state index in [0.717, 1.165) is 42.5 Å². The molecule has 374 valence electrons. The zero-order valence-corrected chi connectivity index (χ0v) is 45.0. The molecule has 4 unspecified atom stereocenters. The number of rotatable bonds is 6. The maximum absolute atomic E-state index is 10.4. The highest BCUT2D eigenvalue weighted by Crippen LogP contribution is 2.58. The summed E-state index contributed by atoms with van der Waals surface area (Å²) in [6.07, 6.45) is 29.0. The topological polar surface area (TPSA) is 6.48 Å². The third-order valence-electron chi connectivity index (χ3n) is 21.3. The Hall–Kier alpha value is -2.68. The summed E-state index contributed by atoms with van der Waals surface area (Å²) in [6, 6.07) is 3.85. The van der Waals surface area contributed by atoms with Crippen LogP contribution in [0.1, 0.15) is 233 Å². The summed E-state index contributed by atoms with van der Waals surface area (Å²) < 4.78 is 79.9. The van der Waals surface area contributed by atoms with Crippen molar-refractivity contribution >= 4 is 45.9 Å². The number of para-hydroxylation sites is 2. The zero-order valence-electron chi connectivity index (χ0n) is 53.0. The van der Waals surface area contributed by atoms with Crippen molar-refractivity contribution in [2.45, 2.75) is 234 Å². The van der Waals surface area contributed by atoms with Crippen molar-refractivity contribution in [3.63, 3.8) is 0 Å². The first-order chi connectivity index (χ1) is 36.5. The molecule has 0 radical (unpaired) electrons. The molecule has 69 heavy (non-hydrogen) atoms. The van der Waals surface area contributed by atoms with Gasteiger partial charge in [-0.1, -0.05) is 227 Å². The van der Waals surface area contributed by atoms with Crippen LogP contribution < -0.4 is 26.2 Å². The molecule has 4 atom stereocenters. The fourth-order valence-electron chi connectivity index (χ4n) is 17.5. The maximum atomic E-state index is 10.4. The second kappa shape index (κ2) is 19.3. The molecule has 3 aromatic carbocycles. The Balaban J connectivity index is 1.27. The Bertz CT molecular complexity index is 2450. The van der Waals surface area contributed by atoms with Gasteiger partial charge in [0.05, 0.1) is 11.0 Å². The summed E-state index contributed by atoms with van der Waals surface area (Å²) in [4.78, 5) is 5.22. The summed E-state index contributed by atoms with van der Waals surface area (Å²) in [7, 11) is 0. The van der Waals surface area contributed by atoms with Gasteiger partial charge in [-0.25, -0.2) is 0 Å². The van der Waals surface area contributed by atoms with Gasteiger partial charge in [0.2, 0.25) is 0 Å². The van der Waals surface area contributed by atoms with Crippen molar-refractivity contribution in [1.82, 2.24) is 0 Å². The van der Waals surface area contributed by atoms with Crippen LogP contribution in [-0.4, -0.2) is 18.8 Å². The minimum atomic E-state index is -0.812. The number of hydrogen-bond acceptors (Lipinski definition) is 2. The van der Waals surface area contributed by atoms with Crippen LogP contribution in [0.3, 0.4) is 0 Å². The van der Waals surface area contributed by atoms with Crippen LogP contribution in [-0.2, 0) is 5.41 Å². The van der Waals surface area contributed by atoms with E-state index < -0.39 is 6.71 Å². The van der Waals surface area contributed by atoms with Crippen molar-refractivity contribution in [2.24, 2.45) is 70.0 Å². The second-order valence-electron chi connectivity index (χ2n) is 28.2. The van der Waals surface area contributed by atoms with Gasteiger partial charge in [-0.2, -0.15) is 0 Å². The second-order valence-corrected chi connectivity index (χ2v) is 28.2. The molecule has 2 heterocycles. The highest BCUT2D eigenvalue weighted by atomic mass is 15.2. The van der Waals surface area contributed by atoms with Gasteiger partial charge in [0.15, 0.2) is 0 Å². The first-order valence-corrected chi connectivity index (χ1v) is 29.5. The van der Waals surface area contributed by atoms with Gasteiger partial charge >= 0.3 is 0 Å². The molecule has 6 aliphatic carbocycles. The van der Waals surface area contributed by atoms with Crippen molar-refractivity contribution in [3.05, 3.63) is 66.0 Å². The smallest absolute Gasteiger partial charge is 0.252 e.